The molecule has 0 amide bonds. The predicted molar refractivity (Wildman–Crippen MR) is 55.4 cm³/mol. The first-order chi connectivity index (χ1) is 5.38. The van der Waals surface area contributed by atoms with Gasteiger partial charge in [0, 0.05) is 0 Å². The van der Waals surface area contributed by atoms with E-state index in [4.69, 9.17) is 0 Å². The van der Waals surface area contributed by atoms with Crippen LogP contribution in [0.5, 0.6) is 0 Å². The maximum absolute atomic E-state index is 3.24. The maximum atomic E-state index is 3.24. The van der Waals surface area contributed by atoms with Crippen molar-refractivity contribution in [2.24, 2.45) is 0 Å². The Balaban J connectivity index is 2.54. The molecule has 1 aliphatic heterocycles. The number of hydrogen-bond donors (Lipinski definition) is 1. The third-order valence-electron chi connectivity index (χ3n) is 1.77. The molecule has 11 heavy (non-hydrogen) atoms. The molecule has 1 aliphatic rings. The summed E-state index contributed by atoms with van der Waals surface area (Å²) in [4.78, 5) is 0. The maximum Gasteiger partial charge on any atom is 0.104 e. The van der Waals surface area contributed by atoms with E-state index in [1.807, 2.05) is 6.20 Å². The van der Waals surface area contributed by atoms with Crippen LogP contribution >= 0.6 is 22.6 Å². The predicted octanol–water partition coefficient (Wildman–Crippen LogP) is 2.69. The van der Waals surface area contributed by atoms with Crippen molar-refractivity contribution in [1.29, 1.82) is 0 Å². The minimum atomic E-state index is 0.425. The van der Waals surface area contributed by atoms with Gasteiger partial charge in [0.25, 0.3) is 0 Å². The lowest BCUT2D eigenvalue weighted by Crippen LogP contribution is -2.13. The highest BCUT2D eigenvalue weighted by molar-refractivity contribution is 14.1. The summed E-state index contributed by atoms with van der Waals surface area (Å²) in [5.74, 6) is 0. The Morgan fingerprint density at radius 2 is 2.09 bits per heavy atom. The van der Waals surface area contributed by atoms with Gasteiger partial charge in [-0.3, -0.25) is 0 Å². The molecule has 0 aliphatic carbocycles. The van der Waals surface area contributed by atoms with E-state index in [0.29, 0.717) is 4.05 Å². The molecule has 1 atom stereocenters. The Bertz CT molecular complexity index is 293. The first-order valence-corrected chi connectivity index (χ1v) is 4.78. The minimum absolute atomic E-state index is 0.425. The second-order valence-corrected chi connectivity index (χ2v) is 3.74. The molecule has 2 rings (SSSR count). The Kier molecular flexibility index (Phi) is 1.85. The Morgan fingerprint density at radius 1 is 1.27 bits per heavy atom. The first kappa shape index (κ1) is 7.16. The fraction of sp³-hybridized carbons (Fsp3) is 0.111. The van der Waals surface area contributed by atoms with Crippen LogP contribution in [0.1, 0.15) is 15.2 Å². The Morgan fingerprint density at radius 3 is 2.91 bits per heavy atom. The number of rotatable bonds is 0. The van der Waals surface area contributed by atoms with Gasteiger partial charge in [-0.2, -0.15) is 0 Å². The van der Waals surface area contributed by atoms with E-state index in [0.717, 1.165) is 0 Å². The molecule has 0 bridgehead atoms. The molecule has 56 valence electrons. The normalized spacial score (nSPS) is 20.6. The molecule has 0 saturated carbocycles. The Labute approximate surface area is 79.6 Å². The second kappa shape index (κ2) is 2.85. The number of halogens is 1. The number of nitrogens with one attached hydrogen (secondary N) is 1. The smallest absolute Gasteiger partial charge is 0.104 e. The highest BCUT2D eigenvalue weighted by Crippen LogP contribution is 2.27. The van der Waals surface area contributed by atoms with Crippen molar-refractivity contribution in [2.75, 3.05) is 0 Å². The zero-order valence-electron chi connectivity index (χ0n) is 5.92. The van der Waals surface area contributed by atoms with Crippen LogP contribution < -0.4 is 5.32 Å². The summed E-state index contributed by atoms with van der Waals surface area (Å²) >= 11 is 2.39. The van der Waals surface area contributed by atoms with Gasteiger partial charge < -0.3 is 5.32 Å². The van der Waals surface area contributed by atoms with Crippen molar-refractivity contribution in [3.05, 3.63) is 41.6 Å². The van der Waals surface area contributed by atoms with E-state index >= 15 is 0 Å². The number of hydrogen-bond acceptors (Lipinski definition) is 1. The van der Waals surface area contributed by atoms with Gasteiger partial charge in [-0.15, -0.1) is 0 Å². The lowest BCUT2D eigenvalue weighted by atomic mass is 10.1. The molecule has 0 aromatic heterocycles. The summed E-state index contributed by atoms with van der Waals surface area (Å²) in [6.07, 6.45) is 4.10. The van der Waals surface area contributed by atoms with Crippen LogP contribution in [0.4, 0.5) is 0 Å². The molecule has 1 nitrogen and oxygen atoms in total. The molecule has 2 heteroatoms. The highest BCUT2D eigenvalue weighted by Gasteiger charge is 2.10. The van der Waals surface area contributed by atoms with Gasteiger partial charge in [0.2, 0.25) is 0 Å². The molecule has 0 radical (unpaired) electrons. The fourth-order valence-electron chi connectivity index (χ4n) is 1.21. The van der Waals surface area contributed by atoms with Gasteiger partial charge in [0.1, 0.15) is 4.05 Å². The molecule has 0 fully saturated rings. The second-order valence-electron chi connectivity index (χ2n) is 2.49. The summed E-state index contributed by atoms with van der Waals surface area (Å²) in [5, 5.41) is 3.24. The van der Waals surface area contributed by atoms with E-state index in [2.05, 4.69) is 58.2 Å². The van der Waals surface area contributed by atoms with E-state index in [1.54, 1.807) is 0 Å². The van der Waals surface area contributed by atoms with E-state index in [1.165, 1.54) is 11.1 Å². The quantitative estimate of drug-likeness (QED) is 0.428. The molecule has 0 spiro atoms. The number of fused-ring (bicyclic) bond motifs is 1. The van der Waals surface area contributed by atoms with Gasteiger partial charge in [-0.1, -0.05) is 46.9 Å². The standard InChI is InChI=1S/C9H8IN/c10-9-8-4-2-1-3-7(8)5-6-11-9/h1-6,9,11H. The Hall–Kier alpha value is -0.510. The van der Waals surface area contributed by atoms with Gasteiger partial charge in [-0.05, 0) is 23.4 Å². The van der Waals surface area contributed by atoms with Crippen molar-refractivity contribution in [3.8, 4) is 0 Å². The fourth-order valence-corrected chi connectivity index (χ4v) is 1.98. The molecular formula is C9H8IN. The van der Waals surface area contributed by atoms with Gasteiger partial charge >= 0.3 is 0 Å². The van der Waals surface area contributed by atoms with E-state index < -0.39 is 0 Å². The van der Waals surface area contributed by atoms with Crippen molar-refractivity contribution in [2.45, 2.75) is 4.05 Å². The number of benzene rings is 1. The molecule has 1 unspecified atom stereocenters. The largest absolute Gasteiger partial charge is 0.376 e. The van der Waals surface area contributed by atoms with Crippen molar-refractivity contribution in [3.63, 3.8) is 0 Å². The summed E-state index contributed by atoms with van der Waals surface area (Å²) < 4.78 is 0.425. The molecule has 0 saturated heterocycles. The van der Waals surface area contributed by atoms with Crippen LogP contribution in [0.3, 0.4) is 0 Å². The van der Waals surface area contributed by atoms with Gasteiger partial charge in [-0.25, -0.2) is 0 Å². The molecule has 1 N–H and O–H groups in total. The first-order valence-electron chi connectivity index (χ1n) is 3.53. The van der Waals surface area contributed by atoms with Gasteiger partial charge in [0.15, 0.2) is 0 Å². The molecule has 1 aromatic carbocycles. The molecular weight excluding hydrogens is 249 g/mol. The number of alkyl halides is 1. The summed E-state index contributed by atoms with van der Waals surface area (Å²) in [5.41, 5.74) is 2.70. The van der Waals surface area contributed by atoms with Crippen LogP contribution in [0.25, 0.3) is 6.08 Å². The van der Waals surface area contributed by atoms with E-state index in [-0.39, 0.29) is 0 Å². The van der Waals surface area contributed by atoms with Crippen LogP contribution in [-0.4, -0.2) is 0 Å². The molecule has 1 heterocycles. The van der Waals surface area contributed by atoms with Crippen LogP contribution in [0.15, 0.2) is 30.5 Å². The van der Waals surface area contributed by atoms with Crippen molar-refractivity contribution in [1.82, 2.24) is 5.32 Å². The van der Waals surface area contributed by atoms with Crippen LogP contribution in [0, 0.1) is 0 Å². The third-order valence-corrected chi connectivity index (χ3v) is 2.81. The lowest BCUT2D eigenvalue weighted by molar-refractivity contribution is 0.865. The SMILES string of the molecule is IC1NC=Cc2ccccc21. The zero-order valence-corrected chi connectivity index (χ0v) is 8.08. The van der Waals surface area contributed by atoms with Crippen molar-refractivity contribution < 1.29 is 0 Å². The van der Waals surface area contributed by atoms with Crippen LogP contribution in [0.2, 0.25) is 0 Å². The summed E-state index contributed by atoms with van der Waals surface area (Å²) in [7, 11) is 0. The molecule has 1 aromatic rings. The topological polar surface area (TPSA) is 12.0 Å². The third kappa shape index (κ3) is 1.27. The highest BCUT2D eigenvalue weighted by atomic mass is 127. The van der Waals surface area contributed by atoms with Crippen LogP contribution in [-0.2, 0) is 0 Å². The van der Waals surface area contributed by atoms with Gasteiger partial charge in [0.05, 0.1) is 0 Å². The lowest BCUT2D eigenvalue weighted by Gasteiger charge is -2.17. The average Bonchev–Trinajstić information content (AvgIpc) is 2.06. The zero-order chi connectivity index (χ0) is 7.68. The monoisotopic (exact) mass is 257 g/mol. The minimum Gasteiger partial charge on any atom is -0.376 e. The average molecular weight is 257 g/mol. The van der Waals surface area contributed by atoms with Crippen molar-refractivity contribution >= 4 is 28.7 Å². The summed E-state index contributed by atoms with van der Waals surface area (Å²) in [6.45, 7) is 0. The van der Waals surface area contributed by atoms with E-state index in [9.17, 15) is 0 Å². The summed E-state index contributed by atoms with van der Waals surface area (Å²) in [6, 6.07) is 8.43.